The summed E-state index contributed by atoms with van der Waals surface area (Å²) in [6, 6.07) is 1.49. The van der Waals surface area contributed by atoms with E-state index in [1.54, 1.807) is 0 Å². The lowest BCUT2D eigenvalue weighted by molar-refractivity contribution is -0.132. The molecule has 1 N–H and O–H groups in total. The summed E-state index contributed by atoms with van der Waals surface area (Å²) in [6.07, 6.45) is 2.40. The van der Waals surface area contributed by atoms with Crippen LogP contribution in [0.4, 0.5) is 0 Å². The molecule has 0 radical (unpaired) electrons. The van der Waals surface area contributed by atoms with Crippen LogP contribution in [0.15, 0.2) is 24.3 Å². The quantitative estimate of drug-likeness (QED) is 0.334. The summed E-state index contributed by atoms with van der Waals surface area (Å²) in [4.78, 5) is 9.98. The topological polar surface area (TPSA) is 61.1 Å². The summed E-state index contributed by atoms with van der Waals surface area (Å²) in [5.74, 6) is -1.22. The second kappa shape index (κ2) is 3.44. The molecule has 0 atom stereocenters. The fraction of sp³-hybridized carbons (Fsp3) is 0. The van der Waals surface area contributed by atoms with Crippen molar-refractivity contribution in [3.8, 4) is 6.07 Å². The van der Waals surface area contributed by atoms with Gasteiger partial charge in [0.1, 0.15) is 11.6 Å². The van der Waals surface area contributed by atoms with Gasteiger partial charge in [-0.25, -0.2) is 4.79 Å². The Hall–Kier alpha value is -1.56. The van der Waals surface area contributed by atoms with Crippen LogP contribution in [0.1, 0.15) is 0 Å². The fourth-order valence-corrected chi connectivity index (χ4v) is 0.274. The van der Waals surface area contributed by atoms with Gasteiger partial charge in [-0.3, -0.25) is 0 Å². The molecule has 0 aromatic rings. The van der Waals surface area contributed by atoms with Gasteiger partial charge in [0.15, 0.2) is 0 Å². The SMILES string of the molecule is C=C/C=C(/C#N)C(=O)O. The molecule has 0 aliphatic heterocycles. The average molecular weight is 123 g/mol. The van der Waals surface area contributed by atoms with E-state index in [4.69, 9.17) is 10.4 Å². The van der Waals surface area contributed by atoms with Gasteiger partial charge in [0.25, 0.3) is 0 Å². The third-order valence-electron chi connectivity index (χ3n) is 0.635. The van der Waals surface area contributed by atoms with Gasteiger partial charge in [-0.1, -0.05) is 12.7 Å². The van der Waals surface area contributed by atoms with Gasteiger partial charge in [0, 0.05) is 0 Å². The maximum Gasteiger partial charge on any atom is 0.346 e. The van der Waals surface area contributed by atoms with E-state index in [-0.39, 0.29) is 5.57 Å². The smallest absolute Gasteiger partial charge is 0.346 e. The van der Waals surface area contributed by atoms with E-state index in [2.05, 4.69) is 6.58 Å². The van der Waals surface area contributed by atoms with E-state index in [0.29, 0.717) is 0 Å². The first-order chi connectivity index (χ1) is 4.22. The molecule has 0 aromatic carbocycles. The highest BCUT2D eigenvalue weighted by Crippen LogP contribution is 1.90. The van der Waals surface area contributed by atoms with E-state index in [0.717, 1.165) is 6.08 Å². The van der Waals surface area contributed by atoms with Gasteiger partial charge in [-0.05, 0) is 6.08 Å². The number of carboxylic acids is 1. The monoisotopic (exact) mass is 123 g/mol. The van der Waals surface area contributed by atoms with Crippen LogP contribution in [0, 0.1) is 11.3 Å². The third kappa shape index (κ3) is 2.29. The molecule has 0 aromatic heterocycles. The van der Waals surface area contributed by atoms with Crippen LogP contribution in [0.2, 0.25) is 0 Å². The number of hydrogen-bond donors (Lipinski definition) is 1. The zero-order chi connectivity index (χ0) is 7.28. The lowest BCUT2D eigenvalue weighted by atomic mass is 10.3. The normalized spacial score (nSPS) is 9.89. The molecule has 0 rings (SSSR count). The minimum absolute atomic E-state index is 0.301. The highest BCUT2D eigenvalue weighted by atomic mass is 16.4. The molecular weight excluding hydrogens is 118 g/mol. The first kappa shape index (κ1) is 7.44. The highest BCUT2D eigenvalue weighted by Gasteiger charge is 2.01. The standard InChI is InChI=1S/C6H5NO2/c1-2-3-5(4-7)6(8)9/h2-3H,1H2,(H,8,9)/b5-3-. The number of rotatable bonds is 2. The van der Waals surface area contributed by atoms with Crippen LogP contribution in [0.3, 0.4) is 0 Å². The van der Waals surface area contributed by atoms with Crippen LogP contribution < -0.4 is 0 Å². The Labute approximate surface area is 52.5 Å². The van der Waals surface area contributed by atoms with E-state index in [1.807, 2.05) is 0 Å². The molecule has 3 nitrogen and oxygen atoms in total. The van der Waals surface area contributed by atoms with Crippen LogP contribution in [-0.2, 0) is 4.79 Å². The molecule has 0 fully saturated rings. The molecule has 9 heavy (non-hydrogen) atoms. The predicted octanol–water partition coefficient (Wildman–Crippen LogP) is 0.707. The van der Waals surface area contributed by atoms with Crippen molar-refractivity contribution in [3.63, 3.8) is 0 Å². The molecule has 0 aliphatic carbocycles. The number of carboxylic acid groups (broad SMARTS) is 1. The third-order valence-corrected chi connectivity index (χ3v) is 0.635. The summed E-state index contributed by atoms with van der Waals surface area (Å²) >= 11 is 0. The van der Waals surface area contributed by atoms with Crippen molar-refractivity contribution < 1.29 is 9.90 Å². The second-order valence-corrected chi connectivity index (χ2v) is 1.23. The molecule has 3 heteroatoms. The van der Waals surface area contributed by atoms with E-state index in [1.165, 1.54) is 12.1 Å². The van der Waals surface area contributed by atoms with Gasteiger partial charge in [-0.2, -0.15) is 5.26 Å². The molecular formula is C6H5NO2. The lowest BCUT2D eigenvalue weighted by Crippen LogP contribution is -1.96. The van der Waals surface area contributed by atoms with Crippen LogP contribution >= 0.6 is 0 Å². The van der Waals surface area contributed by atoms with Crippen molar-refractivity contribution in [1.82, 2.24) is 0 Å². The minimum atomic E-state index is -1.22. The summed E-state index contributed by atoms with van der Waals surface area (Å²) in [5, 5.41) is 16.2. The molecule has 0 saturated heterocycles. The Bertz CT molecular complexity index is 198. The van der Waals surface area contributed by atoms with Crippen molar-refractivity contribution >= 4 is 5.97 Å². The van der Waals surface area contributed by atoms with Gasteiger partial charge < -0.3 is 5.11 Å². The Morgan fingerprint density at radius 3 is 2.44 bits per heavy atom. The Balaban J connectivity index is 4.38. The molecule has 0 spiro atoms. The van der Waals surface area contributed by atoms with E-state index >= 15 is 0 Å². The molecule has 0 amide bonds. The average Bonchev–Trinajstić information content (AvgIpc) is 1.82. The van der Waals surface area contributed by atoms with Crippen molar-refractivity contribution in [3.05, 3.63) is 24.3 Å². The molecule has 0 aliphatic rings. The number of carbonyl (C=O) groups is 1. The fourth-order valence-electron chi connectivity index (χ4n) is 0.274. The van der Waals surface area contributed by atoms with E-state index in [9.17, 15) is 4.79 Å². The number of hydrogen-bond acceptors (Lipinski definition) is 2. The van der Waals surface area contributed by atoms with Gasteiger partial charge in [0.05, 0.1) is 0 Å². The second-order valence-electron chi connectivity index (χ2n) is 1.23. The van der Waals surface area contributed by atoms with Crippen LogP contribution in [-0.4, -0.2) is 11.1 Å². The Morgan fingerprint density at radius 1 is 1.78 bits per heavy atom. The summed E-state index contributed by atoms with van der Waals surface area (Å²) < 4.78 is 0. The predicted molar refractivity (Wildman–Crippen MR) is 31.5 cm³/mol. The number of nitrogens with zero attached hydrogens (tertiary/aromatic N) is 1. The maximum absolute atomic E-state index is 9.98. The molecule has 0 heterocycles. The van der Waals surface area contributed by atoms with Gasteiger partial charge in [0.2, 0.25) is 0 Å². The summed E-state index contributed by atoms with van der Waals surface area (Å²) in [6.45, 7) is 3.24. The largest absolute Gasteiger partial charge is 0.477 e. The molecule has 46 valence electrons. The van der Waals surface area contributed by atoms with E-state index < -0.39 is 5.97 Å². The number of allylic oxidation sites excluding steroid dienone is 2. The molecule has 0 saturated carbocycles. The summed E-state index contributed by atoms with van der Waals surface area (Å²) in [5.41, 5.74) is -0.301. The van der Waals surface area contributed by atoms with Gasteiger partial charge >= 0.3 is 5.97 Å². The van der Waals surface area contributed by atoms with Crippen LogP contribution in [0.5, 0.6) is 0 Å². The summed E-state index contributed by atoms with van der Waals surface area (Å²) in [7, 11) is 0. The minimum Gasteiger partial charge on any atom is -0.477 e. The highest BCUT2D eigenvalue weighted by molar-refractivity contribution is 5.91. The van der Waals surface area contributed by atoms with Crippen LogP contribution in [0.25, 0.3) is 0 Å². The first-order valence-electron chi connectivity index (χ1n) is 2.18. The van der Waals surface area contributed by atoms with Gasteiger partial charge in [-0.15, -0.1) is 0 Å². The molecule has 0 bridgehead atoms. The van der Waals surface area contributed by atoms with Crippen molar-refractivity contribution in [1.29, 1.82) is 5.26 Å². The Kier molecular flexibility index (Phi) is 2.85. The zero-order valence-electron chi connectivity index (χ0n) is 4.66. The van der Waals surface area contributed by atoms with Crippen molar-refractivity contribution in [2.75, 3.05) is 0 Å². The Morgan fingerprint density at radius 2 is 2.33 bits per heavy atom. The molecule has 0 unspecified atom stereocenters. The first-order valence-corrected chi connectivity index (χ1v) is 2.18. The number of nitriles is 1. The van der Waals surface area contributed by atoms with Crippen molar-refractivity contribution in [2.24, 2.45) is 0 Å². The number of aliphatic carboxylic acids is 1. The lowest BCUT2D eigenvalue weighted by Gasteiger charge is -1.81. The maximum atomic E-state index is 9.98. The zero-order valence-corrected chi connectivity index (χ0v) is 4.66. The van der Waals surface area contributed by atoms with Crippen molar-refractivity contribution in [2.45, 2.75) is 0 Å².